The van der Waals surface area contributed by atoms with Crippen LogP contribution in [0, 0.1) is 0 Å². The predicted molar refractivity (Wildman–Crippen MR) is 168 cm³/mol. The molecule has 0 N–H and O–H groups in total. The number of para-hydroxylation sites is 1. The Morgan fingerprint density at radius 1 is 1.05 bits per heavy atom. The summed E-state index contributed by atoms with van der Waals surface area (Å²) in [6.07, 6.45) is 3.15. The first kappa shape index (κ1) is 29.5. The summed E-state index contributed by atoms with van der Waals surface area (Å²) in [5.74, 6) is 0.721. The van der Waals surface area contributed by atoms with Crippen molar-refractivity contribution in [2.45, 2.75) is 39.3 Å². The number of nitrogens with zero attached hydrogens (tertiary/aromatic N) is 2. The lowest BCUT2D eigenvalue weighted by molar-refractivity contribution is -0.139. The van der Waals surface area contributed by atoms with Crippen LogP contribution in [0.4, 0.5) is 0 Å². The molecule has 5 rings (SSSR count). The molecule has 0 saturated heterocycles. The number of esters is 1. The largest absolute Gasteiger partial charge is 0.496 e. The number of aromatic nitrogens is 1. The van der Waals surface area contributed by atoms with E-state index in [4.69, 9.17) is 19.2 Å². The smallest absolute Gasteiger partial charge is 0.338 e. The molecule has 9 heteroatoms. The van der Waals surface area contributed by atoms with Crippen LogP contribution in [0.25, 0.3) is 6.08 Å². The van der Waals surface area contributed by atoms with Crippen LogP contribution in [0.15, 0.2) is 98.3 Å². The van der Waals surface area contributed by atoms with E-state index in [2.05, 4.69) is 15.9 Å². The van der Waals surface area contributed by atoms with Crippen LogP contribution in [0.2, 0.25) is 0 Å². The van der Waals surface area contributed by atoms with Gasteiger partial charge in [0.1, 0.15) is 24.1 Å². The molecule has 0 radical (unpaired) electrons. The van der Waals surface area contributed by atoms with Gasteiger partial charge in [0.2, 0.25) is 0 Å². The van der Waals surface area contributed by atoms with E-state index < -0.39 is 12.0 Å². The Bertz CT molecular complexity index is 1810. The van der Waals surface area contributed by atoms with E-state index in [-0.39, 0.29) is 12.2 Å². The number of thiazole rings is 1. The first-order chi connectivity index (χ1) is 20.4. The molecular weight excluding hydrogens is 616 g/mol. The van der Waals surface area contributed by atoms with E-state index in [0.29, 0.717) is 50.7 Å². The molecule has 42 heavy (non-hydrogen) atoms. The first-order valence-electron chi connectivity index (χ1n) is 13.8. The number of methoxy groups -OCH3 is 1. The molecule has 7 nitrogen and oxygen atoms in total. The summed E-state index contributed by atoms with van der Waals surface area (Å²) in [6.45, 7) is 4.40. The van der Waals surface area contributed by atoms with Gasteiger partial charge in [-0.15, -0.1) is 0 Å². The number of hydrogen-bond acceptors (Lipinski definition) is 7. The second-order valence-corrected chi connectivity index (χ2v) is 11.5. The van der Waals surface area contributed by atoms with E-state index in [0.717, 1.165) is 22.0 Å². The van der Waals surface area contributed by atoms with Crippen molar-refractivity contribution in [3.05, 3.63) is 125 Å². The van der Waals surface area contributed by atoms with Gasteiger partial charge in [0.15, 0.2) is 4.80 Å². The standard InChI is InChI=1S/C33H31BrN2O5S/c1-4-11-25-29(32(38)40-5-2)30(24-19-23(34)16-17-27(24)39-3)36-31(37)28(42-33(36)35-25)18-22-14-9-10-15-26(22)41-20-21-12-7-6-8-13-21/h6-10,12-19,30H,4-5,11,20H2,1-3H3/b28-18+/t30-/m1/s1. The molecule has 4 aromatic rings. The number of hydrogen-bond donors (Lipinski definition) is 0. The summed E-state index contributed by atoms with van der Waals surface area (Å²) in [5, 5.41) is 0. The number of allylic oxidation sites excluding steroid dienone is 1. The van der Waals surface area contributed by atoms with Crippen LogP contribution in [-0.4, -0.2) is 24.3 Å². The summed E-state index contributed by atoms with van der Waals surface area (Å²) in [5.41, 5.74) is 3.18. The van der Waals surface area contributed by atoms with Gasteiger partial charge in [0, 0.05) is 15.6 Å². The van der Waals surface area contributed by atoms with Gasteiger partial charge in [0.05, 0.1) is 29.5 Å². The molecule has 0 fully saturated rings. The first-order valence-corrected chi connectivity index (χ1v) is 15.4. The van der Waals surface area contributed by atoms with Gasteiger partial charge < -0.3 is 14.2 Å². The number of benzene rings is 3. The van der Waals surface area contributed by atoms with E-state index in [1.165, 1.54) is 11.3 Å². The highest BCUT2D eigenvalue weighted by molar-refractivity contribution is 9.10. The molecule has 3 aromatic carbocycles. The maximum atomic E-state index is 14.2. The number of carbonyl (C=O) groups is 1. The minimum atomic E-state index is -0.777. The minimum absolute atomic E-state index is 0.203. The minimum Gasteiger partial charge on any atom is -0.496 e. The summed E-state index contributed by atoms with van der Waals surface area (Å²) >= 11 is 4.84. The number of ether oxygens (including phenoxy) is 3. The predicted octanol–water partition coefficient (Wildman–Crippen LogP) is 5.93. The number of carbonyl (C=O) groups excluding carboxylic acids is 1. The van der Waals surface area contributed by atoms with Crippen molar-refractivity contribution in [2.24, 2.45) is 4.99 Å². The van der Waals surface area contributed by atoms with Gasteiger partial charge in [-0.2, -0.15) is 0 Å². The molecule has 0 unspecified atom stereocenters. The molecule has 0 aliphatic carbocycles. The number of fused-ring (bicyclic) bond motifs is 1. The zero-order valence-corrected chi connectivity index (χ0v) is 26.0. The fourth-order valence-electron chi connectivity index (χ4n) is 4.94. The Morgan fingerprint density at radius 3 is 2.55 bits per heavy atom. The van der Waals surface area contributed by atoms with E-state index >= 15 is 0 Å². The molecule has 0 amide bonds. The van der Waals surface area contributed by atoms with Gasteiger partial charge in [0.25, 0.3) is 5.56 Å². The second-order valence-electron chi connectivity index (χ2n) is 9.61. The Labute approximate surface area is 256 Å². The molecule has 1 aromatic heterocycles. The molecule has 0 bridgehead atoms. The Kier molecular flexibility index (Phi) is 9.39. The molecule has 2 heterocycles. The van der Waals surface area contributed by atoms with Crippen molar-refractivity contribution in [3.63, 3.8) is 0 Å². The number of rotatable bonds is 10. The molecule has 1 aliphatic rings. The van der Waals surface area contributed by atoms with Crippen LogP contribution in [-0.2, 0) is 16.1 Å². The Balaban J connectivity index is 1.69. The highest BCUT2D eigenvalue weighted by Gasteiger charge is 2.36. The van der Waals surface area contributed by atoms with Gasteiger partial charge >= 0.3 is 5.97 Å². The molecule has 1 atom stereocenters. The summed E-state index contributed by atoms with van der Waals surface area (Å²) < 4.78 is 20.2. The zero-order valence-electron chi connectivity index (χ0n) is 23.6. The monoisotopic (exact) mass is 646 g/mol. The molecule has 0 saturated carbocycles. The lowest BCUT2D eigenvalue weighted by Gasteiger charge is -2.27. The van der Waals surface area contributed by atoms with Crippen LogP contribution in [0.1, 0.15) is 49.4 Å². The molecule has 0 spiro atoms. The Morgan fingerprint density at radius 2 is 1.81 bits per heavy atom. The Hall–Kier alpha value is -3.95. The second kappa shape index (κ2) is 13.4. The highest BCUT2D eigenvalue weighted by atomic mass is 79.9. The van der Waals surface area contributed by atoms with Crippen molar-refractivity contribution in [2.75, 3.05) is 13.7 Å². The molecule has 1 aliphatic heterocycles. The average Bonchev–Trinajstić information content (AvgIpc) is 3.30. The van der Waals surface area contributed by atoms with Gasteiger partial charge in [-0.25, -0.2) is 9.79 Å². The van der Waals surface area contributed by atoms with Crippen LogP contribution >= 0.6 is 27.3 Å². The van der Waals surface area contributed by atoms with Crippen LogP contribution in [0.5, 0.6) is 11.5 Å². The third-order valence-corrected chi connectivity index (χ3v) is 8.30. The van der Waals surface area contributed by atoms with Crippen LogP contribution < -0.4 is 24.4 Å². The van der Waals surface area contributed by atoms with E-state index in [1.807, 2.05) is 85.8 Å². The third-order valence-electron chi connectivity index (χ3n) is 6.82. The van der Waals surface area contributed by atoms with Crippen molar-refractivity contribution < 1.29 is 19.0 Å². The van der Waals surface area contributed by atoms with E-state index in [9.17, 15) is 9.59 Å². The van der Waals surface area contributed by atoms with Gasteiger partial charge in [-0.3, -0.25) is 9.36 Å². The average molecular weight is 648 g/mol. The lowest BCUT2D eigenvalue weighted by Crippen LogP contribution is -2.40. The zero-order chi connectivity index (χ0) is 29.6. The number of halogens is 1. The highest BCUT2D eigenvalue weighted by Crippen LogP contribution is 2.38. The fraction of sp³-hybridized carbons (Fsp3) is 0.242. The van der Waals surface area contributed by atoms with Gasteiger partial charge in [-0.1, -0.05) is 89.1 Å². The third kappa shape index (κ3) is 6.12. The summed E-state index contributed by atoms with van der Waals surface area (Å²) in [6, 6.07) is 22.3. The van der Waals surface area contributed by atoms with Crippen molar-refractivity contribution >= 4 is 39.3 Å². The van der Waals surface area contributed by atoms with Crippen molar-refractivity contribution in [3.8, 4) is 11.5 Å². The molecule has 216 valence electrons. The topological polar surface area (TPSA) is 79.1 Å². The van der Waals surface area contributed by atoms with Crippen molar-refractivity contribution in [1.82, 2.24) is 4.57 Å². The fourth-order valence-corrected chi connectivity index (χ4v) is 6.33. The quantitative estimate of drug-likeness (QED) is 0.200. The summed E-state index contributed by atoms with van der Waals surface area (Å²) in [7, 11) is 1.57. The van der Waals surface area contributed by atoms with Crippen molar-refractivity contribution in [1.29, 1.82) is 0 Å². The maximum absolute atomic E-state index is 14.2. The SMILES string of the molecule is CCCC1=C(C(=O)OCC)[C@@H](c2cc(Br)ccc2OC)n2c(s/c(=C/c3ccccc3OCc3ccccc3)c2=O)=N1. The van der Waals surface area contributed by atoms with Crippen LogP contribution in [0.3, 0.4) is 0 Å². The van der Waals surface area contributed by atoms with E-state index in [1.54, 1.807) is 18.6 Å². The maximum Gasteiger partial charge on any atom is 0.338 e. The summed E-state index contributed by atoms with van der Waals surface area (Å²) in [4.78, 5) is 33.0. The normalized spacial score (nSPS) is 14.8. The molecular formula is C33H31BrN2O5S. The van der Waals surface area contributed by atoms with Gasteiger partial charge in [-0.05, 0) is 49.2 Å². The lowest BCUT2D eigenvalue weighted by atomic mass is 9.93.